The summed E-state index contributed by atoms with van der Waals surface area (Å²) in [6, 6.07) is 12.7. The van der Waals surface area contributed by atoms with Crippen molar-refractivity contribution in [2.45, 2.75) is 47.2 Å². The van der Waals surface area contributed by atoms with Gasteiger partial charge in [-0.05, 0) is 50.5 Å². The fourth-order valence-corrected chi connectivity index (χ4v) is 4.34. The van der Waals surface area contributed by atoms with E-state index in [-0.39, 0.29) is 30.2 Å². The van der Waals surface area contributed by atoms with Gasteiger partial charge in [0.05, 0.1) is 6.54 Å². The number of esters is 1. The van der Waals surface area contributed by atoms with Crippen molar-refractivity contribution in [3.05, 3.63) is 85.3 Å². The van der Waals surface area contributed by atoms with Crippen molar-refractivity contribution < 1.29 is 14.3 Å². The summed E-state index contributed by atoms with van der Waals surface area (Å²) in [4.78, 5) is 54.1. The van der Waals surface area contributed by atoms with Crippen LogP contribution < -0.4 is 21.9 Å². The van der Waals surface area contributed by atoms with Crippen LogP contribution in [0, 0.1) is 25.2 Å². The smallest absolute Gasteiger partial charge is 0.349 e. The number of amides is 1. The van der Waals surface area contributed by atoms with Gasteiger partial charge in [0.1, 0.15) is 17.5 Å². The van der Waals surface area contributed by atoms with E-state index in [2.05, 4.69) is 16.5 Å². The minimum Gasteiger partial charge on any atom is -0.451 e. The highest BCUT2D eigenvalue weighted by molar-refractivity contribution is 6.01. The molecule has 0 radical (unpaired) electrons. The largest absolute Gasteiger partial charge is 0.451 e. The van der Waals surface area contributed by atoms with E-state index >= 15 is 0 Å². The predicted molar refractivity (Wildman–Crippen MR) is 148 cm³/mol. The van der Waals surface area contributed by atoms with Gasteiger partial charge >= 0.3 is 11.7 Å². The van der Waals surface area contributed by atoms with E-state index in [0.29, 0.717) is 5.56 Å². The van der Waals surface area contributed by atoms with Crippen LogP contribution in [0.5, 0.6) is 0 Å². The normalized spacial score (nSPS) is 11.2. The Morgan fingerprint density at radius 3 is 2.46 bits per heavy atom. The van der Waals surface area contributed by atoms with Crippen LogP contribution in [-0.2, 0) is 27.4 Å². The molecule has 0 fully saturated rings. The molecule has 2 heterocycles. The lowest BCUT2D eigenvalue weighted by molar-refractivity contribution is -0.143. The zero-order valence-corrected chi connectivity index (χ0v) is 22.5. The minimum atomic E-state index is -0.974. The Labute approximate surface area is 225 Å². The molecular weight excluding hydrogens is 500 g/mol. The van der Waals surface area contributed by atoms with Crippen LogP contribution >= 0.6 is 0 Å². The van der Waals surface area contributed by atoms with Crippen molar-refractivity contribution in [2.75, 3.05) is 23.8 Å². The molecule has 0 saturated carbocycles. The third-order valence-electron chi connectivity index (χ3n) is 6.31. The van der Waals surface area contributed by atoms with Crippen molar-refractivity contribution in [3.63, 3.8) is 0 Å². The van der Waals surface area contributed by atoms with E-state index in [1.165, 1.54) is 6.08 Å². The maximum Gasteiger partial charge on any atom is 0.349 e. The van der Waals surface area contributed by atoms with E-state index in [1.54, 1.807) is 31.2 Å². The number of carbonyl (C=O) groups excluding carboxylic acids is 2. The number of nitrogens with two attached hydrogens (primary N) is 1. The maximum absolute atomic E-state index is 13.0. The van der Waals surface area contributed by atoms with Gasteiger partial charge in [-0.3, -0.25) is 19.1 Å². The number of H-pyrrole nitrogens is 1. The first-order chi connectivity index (χ1) is 18.6. The number of aromatic amines is 1. The Morgan fingerprint density at radius 1 is 1.15 bits per heavy atom. The summed E-state index contributed by atoms with van der Waals surface area (Å²) in [5.74, 6) is -1.92. The summed E-state index contributed by atoms with van der Waals surface area (Å²) in [5.41, 5.74) is 7.51. The topological polar surface area (TPSA) is 156 Å². The number of aryl methyl sites for hydroxylation is 1. The van der Waals surface area contributed by atoms with Crippen LogP contribution in [0.2, 0.25) is 0 Å². The van der Waals surface area contributed by atoms with Gasteiger partial charge in [0.2, 0.25) is 0 Å². The number of likely N-dealkylation sites (N-methyl/N-ethyl adjacent to an activating group) is 1. The van der Waals surface area contributed by atoms with E-state index in [0.717, 1.165) is 39.4 Å². The molecule has 3 N–H and O–H groups in total. The molecule has 0 unspecified atom stereocenters. The summed E-state index contributed by atoms with van der Waals surface area (Å²) in [6.07, 6.45) is 2.36. The molecule has 3 aromatic rings. The van der Waals surface area contributed by atoms with E-state index < -0.39 is 29.7 Å². The van der Waals surface area contributed by atoms with Crippen LogP contribution in [0.25, 0.3) is 6.08 Å². The first-order valence-electron chi connectivity index (χ1n) is 12.5. The van der Waals surface area contributed by atoms with Crippen LogP contribution in [0.4, 0.5) is 11.5 Å². The quantitative estimate of drug-likeness (QED) is 0.231. The van der Waals surface area contributed by atoms with Crippen molar-refractivity contribution in [1.29, 1.82) is 5.26 Å². The number of anilines is 2. The van der Waals surface area contributed by atoms with Crippen LogP contribution in [0.1, 0.15) is 42.8 Å². The molecule has 0 saturated heterocycles. The molecule has 1 amide bonds. The second-order valence-corrected chi connectivity index (χ2v) is 8.93. The van der Waals surface area contributed by atoms with Crippen molar-refractivity contribution in [1.82, 2.24) is 14.1 Å². The molecule has 39 heavy (non-hydrogen) atoms. The number of nitrogens with one attached hydrogen (secondary N) is 1. The Balaban J connectivity index is 1.82. The number of ether oxygens (including phenoxy) is 1. The average molecular weight is 533 g/mol. The molecule has 11 heteroatoms. The number of benzene rings is 1. The standard InChI is InChI=1S/C28H32N6O5/c1-5-12-33-18(3)13-21(19(33)4)14-22(15-29)27(37)39-17-23(35)32(6-2)24-25(30)34(28(38)31-26(24)36)16-20-10-8-7-9-11-20/h7-11,13-14H,5-6,12,16-17,30H2,1-4H3,(H,31,36,38)/b22-14-. The molecule has 2 aromatic heterocycles. The highest BCUT2D eigenvalue weighted by Crippen LogP contribution is 2.20. The highest BCUT2D eigenvalue weighted by atomic mass is 16.5. The fourth-order valence-electron chi connectivity index (χ4n) is 4.34. The molecule has 3 rings (SSSR count). The lowest BCUT2D eigenvalue weighted by atomic mass is 10.1. The Morgan fingerprint density at radius 2 is 1.85 bits per heavy atom. The number of hydrogen-bond donors (Lipinski definition) is 2. The molecule has 1 aromatic carbocycles. The Bertz CT molecular complexity index is 1560. The summed E-state index contributed by atoms with van der Waals surface area (Å²) in [7, 11) is 0. The van der Waals surface area contributed by atoms with Crippen molar-refractivity contribution in [3.8, 4) is 6.07 Å². The molecule has 0 aliphatic rings. The molecule has 0 bridgehead atoms. The number of carbonyl (C=O) groups is 2. The lowest BCUT2D eigenvalue weighted by Crippen LogP contribution is -2.42. The molecule has 11 nitrogen and oxygen atoms in total. The molecule has 204 valence electrons. The molecule has 0 spiro atoms. The van der Waals surface area contributed by atoms with Crippen molar-refractivity contribution >= 4 is 29.5 Å². The van der Waals surface area contributed by atoms with Gasteiger partial charge in [-0.2, -0.15) is 5.26 Å². The number of nitrogens with zero attached hydrogens (tertiary/aromatic N) is 4. The van der Waals surface area contributed by atoms with Crippen LogP contribution in [0.15, 0.2) is 51.6 Å². The van der Waals surface area contributed by atoms with Crippen LogP contribution in [-0.4, -0.2) is 39.1 Å². The summed E-state index contributed by atoms with van der Waals surface area (Å²) in [5, 5.41) is 9.56. The molecular formula is C28H32N6O5. The number of rotatable bonds is 10. The summed E-state index contributed by atoms with van der Waals surface area (Å²) in [6.45, 7) is 7.66. The Hall–Kier alpha value is -4.85. The predicted octanol–water partition coefficient (Wildman–Crippen LogP) is 2.50. The zero-order chi connectivity index (χ0) is 28.7. The summed E-state index contributed by atoms with van der Waals surface area (Å²) >= 11 is 0. The number of nitrogen functional groups attached to an aromatic ring is 1. The van der Waals surface area contributed by atoms with E-state index in [1.807, 2.05) is 32.0 Å². The number of aromatic nitrogens is 3. The third-order valence-corrected chi connectivity index (χ3v) is 6.31. The SMILES string of the molecule is CCCn1c(C)cc(/C=C(/C#N)C(=O)OCC(=O)N(CC)c2c(N)n(Cc3ccccc3)c(=O)[nH]c2=O)c1C. The molecule has 0 aliphatic carbocycles. The molecule has 0 aliphatic heterocycles. The first kappa shape index (κ1) is 28.7. The van der Waals surface area contributed by atoms with Gasteiger partial charge in [-0.25, -0.2) is 9.59 Å². The third kappa shape index (κ3) is 6.35. The minimum absolute atomic E-state index is 0.0115. The Kier molecular flexibility index (Phi) is 9.28. The van der Waals surface area contributed by atoms with Gasteiger partial charge in [0, 0.05) is 24.5 Å². The summed E-state index contributed by atoms with van der Waals surface area (Å²) < 4.78 is 8.38. The number of hydrogen-bond acceptors (Lipinski definition) is 7. The second kappa shape index (κ2) is 12.6. The van der Waals surface area contributed by atoms with Gasteiger partial charge in [0.15, 0.2) is 12.3 Å². The van der Waals surface area contributed by atoms with Crippen LogP contribution in [0.3, 0.4) is 0 Å². The van der Waals surface area contributed by atoms with Gasteiger partial charge in [-0.1, -0.05) is 37.3 Å². The second-order valence-electron chi connectivity index (χ2n) is 8.93. The fraction of sp³-hybridized carbons (Fsp3) is 0.321. The monoisotopic (exact) mass is 532 g/mol. The van der Waals surface area contributed by atoms with Gasteiger partial charge < -0.3 is 19.9 Å². The van der Waals surface area contributed by atoms with Gasteiger partial charge in [-0.15, -0.1) is 0 Å². The maximum atomic E-state index is 13.0. The highest BCUT2D eigenvalue weighted by Gasteiger charge is 2.25. The lowest BCUT2D eigenvalue weighted by Gasteiger charge is -2.23. The van der Waals surface area contributed by atoms with Crippen molar-refractivity contribution in [2.24, 2.45) is 0 Å². The number of nitriles is 1. The van der Waals surface area contributed by atoms with E-state index in [4.69, 9.17) is 10.5 Å². The van der Waals surface area contributed by atoms with Gasteiger partial charge in [0.25, 0.3) is 11.5 Å². The zero-order valence-electron chi connectivity index (χ0n) is 22.5. The van der Waals surface area contributed by atoms with E-state index in [9.17, 15) is 24.4 Å². The first-order valence-corrected chi connectivity index (χ1v) is 12.5. The average Bonchev–Trinajstić information content (AvgIpc) is 3.18. The molecule has 0 atom stereocenters.